The lowest BCUT2D eigenvalue weighted by atomic mass is 9.76. The summed E-state index contributed by atoms with van der Waals surface area (Å²) < 4.78 is 5.71. The summed E-state index contributed by atoms with van der Waals surface area (Å²) in [6.07, 6.45) is 2.20. The Morgan fingerprint density at radius 1 is 0.882 bits per heavy atom. The van der Waals surface area contributed by atoms with E-state index in [9.17, 15) is 19.6 Å². The second-order valence-corrected chi connectivity index (χ2v) is 9.81. The second kappa shape index (κ2) is 11.2. The molecule has 0 radical (unpaired) electrons. The van der Waals surface area contributed by atoms with Crippen LogP contribution in [0, 0.1) is 11.8 Å². The SMILES string of the molecule is CN1CCN(C(=O)OC2CCC(C(=O)N3CCC(c4ccccc4)CC3)C(C(=O)NO)C2)CC1. The maximum absolute atomic E-state index is 13.4. The van der Waals surface area contributed by atoms with Gasteiger partial charge in [-0.05, 0) is 50.6 Å². The topological polar surface area (TPSA) is 102 Å². The monoisotopic (exact) mass is 472 g/mol. The molecule has 0 aromatic heterocycles. The molecule has 1 aromatic rings. The quantitative estimate of drug-likeness (QED) is 0.514. The van der Waals surface area contributed by atoms with Crippen molar-refractivity contribution in [3.05, 3.63) is 35.9 Å². The smallest absolute Gasteiger partial charge is 0.410 e. The molecule has 3 fully saturated rings. The van der Waals surface area contributed by atoms with Gasteiger partial charge in [0.25, 0.3) is 0 Å². The molecule has 3 atom stereocenters. The van der Waals surface area contributed by atoms with Crippen molar-refractivity contribution >= 4 is 17.9 Å². The molecule has 1 saturated carbocycles. The molecule has 4 rings (SSSR count). The van der Waals surface area contributed by atoms with Crippen molar-refractivity contribution in [2.24, 2.45) is 11.8 Å². The van der Waals surface area contributed by atoms with Crippen LogP contribution in [0.4, 0.5) is 4.79 Å². The van der Waals surface area contributed by atoms with Gasteiger partial charge in [0.2, 0.25) is 11.8 Å². The van der Waals surface area contributed by atoms with Gasteiger partial charge in [-0.25, -0.2) is 10.3 Å². The zero-order chi connectivity index (χ0) is 24.1. The van der Waals surface area contributed by atoms with Crippen LogP contribution in [-0.4, -0.2) is 90.2 Å². The Kier molecular flexibility index (Phi) is 8.05. The van der Waals surface area contributed by atoms with Crippen molar-refractivity contribution in [1.29, 1.82) is 0 Å². The molecule has 3 aliphatic rings. The Labute approximate surface area is 201 Å². The number of ether oxygens (including phenoxy) is 1. The third-order valence-corrected chi connectivity index (χ3v) is 7.67. The lowest BCUT2D eigenvalue weighted by Gasteiger charge is -2.39. The summed E-state index contributed by atoms with van der Waals surface area (Å²) in [6.45, 7) is 4.14. The van der Waals surface area contributed by atoms with Crippen LogP contribution in [0.25, 0.3) is 0 Å². The lowest BCUT2D eigenvalue weighted by molar-refractivity contribution is -0.149. The second-order valence-electron chi connectivity index (χ2n) is 9.81. The highest BCUT2D eigenvalue weighted by Gasteiger charge is 2.43. The molecule has 2 N–H and O–H groups in total. The van der Waals surface area contributed by atoms with Crippen molar-refractivity contribution < 1.29 is 24.3 Å². The summed E-state index contributed by atoms with van der Waals surface area (Å²) >= 11 is 0. The molecule has 3 amide bonds. The van der Waals surface area contributed by atoms with Crippen LogP contribution in [0.5, 0.6) is 0 Å². The van der Waals surface area contributed by atoms with E-state index in [2.05, 4.69) is 17.0 Å². The molecule has 34 heavy (non-hydrogen) atoms. The number of piperidine rings is 1. The Bertz CT molecular complexity index is 850. The fourth-order valence-corrected chi connectivity index (χ4v) is 5.51. The third-order valence-electron chi connectivity index (χ3n) is 7.67. The Hall–Kier alpha value is -2.65. The number of likely N-dealkylation sites (tertiary alicyclic amines) is 1. The molecular formula is C25H36N4O5. The average molecular weight is 473 g/mol. The fourth-order valence-electron chi connectivity index (χ4n) is 5.51. The average Bonchev–Trinajstić information content (AvgIpc) is 2.88. The zero-order valence-corrected chi connectivity index (χ0v) is 19.9. The number of amides is 3. The van der Waals surface area contributed by atoms with Crippen molar-refractivity contribution in [3.63, 3.8) is 0 Å². The third kappa shape index (κ3) is 5.70. The van der Waals surface area contributed by atoms with Gasteiger partial charge in [0.1, 0.15) is 6.10 Å². The van der Waals surface area contributed by atoms with Crippen LogP contribution in [0.1, 0.15) is 43.6 Å². The van der Waals surface area contributed by atoms with E-state index in [1.165, 1.54) is 5.56 Å². The Morgan fingerprint density at radius 2 is 1.56 bits per heavy atom. The molecule has 9 nitrogen and oxygen atoms in total. The lowest BCUT2D eigenvalue weighted by Crippen LogP contribution is -2.51. The summed E-state index contributed by atoms with van der Waals surface area (Å²) in [6, 6.07) is 10.4. The van der Waals surface area contributed by atoms with Crippen molar-refractivity contribution in [1.82, 2.24) is 20.2 Å². The predicted molar refractivity (Wildman–Crippen MR) is 125 cm³/mol. The maximum Gasteiger partial charge on any atom is 0.410 e. The highest BCUT2D eigenvalue weighted by Crippen LogP contribution is 2.36. The molecule has 1 aliphatic carbocycles. The van der Waals surface area contributed by atoms with Gasteiger partial charge in [0.15, 0.2) is 0 Å². The van der Waals surface area contributed by atoms with Gasteiger partial charge >= 0.3 is 6.09 Å². The number of carbonyl (C=O) groups excluding carboxylic acids is 3. The van der Waals surface area contributed by atoms with Crippen molar-refractivity contribution in [3.8, 4) is 0 Å². The number of likely N-dealkylation sites (N-methyl/N-ethyl adjacent to an activating group) is 1. The highest BCUT2D eigenvalue weighted by molar-refractivity contribution is 5.87. The van der Waals surface area contributed by atoms with Crippen LogP contribution >= 0.6 is 0 Å². The Balaban J connectivity index is 1.33. The first-order valence-electron chi connectivity index (χ1n) is 12.4. The standard InChI is InChI=1S/C25H36N4O5/c1-27-13-15-29(16-14-27)25(32)34-20-7-8-21(22(17-20)23(30)26-33)24(31)28-11-9-19(10-12-28)18-5-3-2-4-6-18/h2-6,19-22,33H,7-17H2,1H3,(H,26,30). The zero-order valence-electron chi connectivity index (χ0n) is 19.9. The fraction of sp³-hybridized carbons (Fsp3) is 0.640. The van der Waals surface area contributed by atoms with Gasteiger partial charge in [-0.3, -0.25) is 14.8 Å². The Morgan fingerprint density at radius 3 is 2.21 bits per heavy atom. The highest BCUT2D eigenvalue weighted by atomic mass is 16.6. The molecule has 3 unspecified atom stereocenters. The molecule has 2 saturated heterocycles. The number of carbonyl (C=O) groups is 3. The van der Waals surface area contributed by atoms with E-state index in [4.69, 9.17) is 4.74 Å². The molecule has 2 heterocycles. The van der Waals surface area contributed by atoms with E-state index < -0.39 is 23.8 Å². The number of hydrogen-bond donors (Lipinski definition) is 2. The minimum absolute atomic E-state index is 0.0380. The number of rotatable bonds is 4. The number of hydroxylamine groups is 1. The molecule has 186 valence electrons. The minimum atomic E-state index is -0.719. The summed E-state index contributed by atoms with van der Waals surface area (Å²) in [4.78, 5) is 44.2. The van der Waals surface area contributed by atoms with E-state index in [1.807, 2.05) is 30.1 Å². The minimum Gasteiger partial charge on any atom is -0.446 e. The van der Waals surface area contributed by atoms with E-state index in [0.29, 0.717) is 44.9 Å². The van der Waals surface area contributed by atoms with E-state index in [1.54, 1.807) is 10.4 Å². The predicted octanol–water partition coefficient (Wildman–Crippen LogP) is 2.07. The van der Waals surface area contributed by atoms with Gasteiger partial charge in [-0.15, -0.1) is 0 Å². The normalized spacial score (nSPS) is 26.7. The van der Waals surface area contributed by atoms with Gasteiger partial charge in [-0.2, -0.15) is 0 Å². The summed E-state index contributed by atoms with van der Waals surface area (Å²) in [5.74, 6) is -1.42. The van der Waals surface area contributed by atoms with Crippen molar-refractivity contribution in [2.45, 2.75) is 44.1 Å². The number of nitrogens with zero attached hydrogens (tertiary/aromatic N) is 3. The first-order valence-corrected chi connectivity index (χ1v) is 12.4. The molecule has 9 heteroatoms. The van der Waals surface area contributed by atoms with Crippen LogP contribution in [-0.2, 0) is 14.3 Å². The number of piperazine rings is 1. The van der Waals surface area contributed by atoms with Crippen LogP contribution < -0.4 is 5.48 Å². The number of nitrogens with one attached hydrogen (secondary N) is 1. The van der Waals surface area contributed by atoms with Gasteiger partial charge in [0, 0.05) is 39.3 Å². The van der Waals surface area contributed by atoms with E-state index >= 15 is 0 Å². The number of hydrogen-bond acceptors (Lipinski definition) is 6. The van der Waals surface area contributed by atoms with Crippen LogP contribution in [0.3, 0.4) is 0 Å². The summed E-state index contributed by atoms with van der Waals surface area (Å²) in [5.41, 5.74) is 3.03. The van der Waals surface area contributed by atoms with Gasteiger partial charge in [0.05, 0.1) is 11.8 Å². The molecule has 0 bridgehead atoms. The van der Waals surface area contributed by atoms with E-state index in [0.717, 1.165) is 25.9 Å². The summed E-state index contributed by atoms with van der Waals surface area (Å²) in [5, 5.41) is 9.31. The molecule has 1 aromatic carbocycles. The van der Waals surface area contributed by atoms with Crippen LogP contribution in [0.15, 0.2) is 30.3 Å². The molecule has 2 aliphatic heterocycles. The maximum atomic E-state index is 13.4. The van der Waals surface area contributed by atoms with Crippen LogP contribution in [0.2, 0.25) is 0 Å². The van der Waals surface area contributed by atoms with Gasteiger partial charge in [-0.1, -0.05) is 30.3 Å². The number of benzene rings is 1. The first kappa shape index (κ1) is 24.5. The molecular weight excluding hydrogens is 436 g/mol. The van der Waals surface area contributed by atoms with E-state index in [-0.39, 0.29) is 18.4 Å². The molecule has 0 spiro atoms. The summed E-state index contributed by atoms with van der Waals surface area (Å²) in [7, 11) is 2.02. The first-order chi connectivity index (χ1) is 16.5. The van der Waals surface area contributed by atoms with Gasteiger partial charge < -0.3 is 19.4 Å². The van der Waals surface area contributed by atoms with Crippen molar-refractivity contribution in [2.75, 3.05) is 46.3 Å². The largest absolute Gasteiger partial charge is 0.446 e.